The highest BCUT2D eigenvalue weighted by Gasteiger charge is 2.17. The van der Waals surface area contributed by atoms with E-state index >= 15 is 0 Å². The number of carbonyl (C=O) groups excluding carboxylic acids is 2. The van der Waals surface area contributed by atoms with Gasteiger partial charge in [-0.25, -0.2) is 9.78 Å². The molecule has 0 radical (unpaired) electrons. The first kappa shape index (κ1) is 16.3. The predicted molar refractivity (Wildman–Crippen MR) is 92.9 cm³/mol. The summed E-state index contributed by atoms with van der Waals surface area (Å²) < 4.78 is 5.33. The SMILES string of the molecule is Cc1cnc([C@@H](C)CNC(=O)Nc2ccc3c(c2)OCC(=O)N3)s1. The maximum Gasteiger partial charge on any atom is 0.319 e. The lowest BCUT2D eigenvalue weighted by Crippen LogP contribution is -2.32. The lowest BCUT2D eigenvalue weighted by atomic mass is 10.2. The summed E-state index contributed by atoms with van der Waals surface area (Å²) in [5.41, 5.74) is 1.20. The Morgan fingerprint density at radius 2 is 2.33 bits per heavy atom. The first-order valence-corrected chi connectivity index (χ1v) is 8.37. The Balaban J connectivity index is 1.54. The van der Waals surface area contributed by atoms with Crippen molar-refractivity contribution in [2.24, 2.45) is 0 Å². The van der Waals surface area contributed by atoms with E-state index < -0.39 is 0 Å². The molecule has 3 amide bonds. The van der Waals surface area contributed by atoms with Gasteiger partial charge in [0, 0.05) is 35.3 Å². The number of ether oxygens (including phenoxy) is 1. The molecule has 0 aliphatic carbocycles. The molecule has 0 unspecified atom stereocenters. The molecule has 3 rings (SSSR count). The smallest absolute Gasteiger partial charge is 0.319 e. The number of carbonyl (C=O) groups is 2. The van der Waals surface area contributed by atoms with E-state index in [0.717, 1.165) is 9.88 Å². The molecule has 1 aliphatic heterocycles. The molecule has 0 fully saturated rings. The van der Waals surface area contributed by atoms with Crippen molar-refractivity contribution in [3.05, 3.63) is 34.3 Å². The van der Waals surface area contributed by atoms with Gasteiger partial charge in [0.25, 0.3) is 5.91 Å². The van der Waals surface area contributed by atoms with Gasteiger partial charge in [-0.1, -0.05) is 6.92 Å². The van der Waals surface area contributed by atoms with Crippen LogP contribution in [0.1, 0.15) is 22.7 Å². The number of urea groups is 1. The molecule has 126 valence electrons. The zero-order valence-corrected chi connectivity index (χ0v) is 14.2. The molecule has 0 saturated carbocycles. The lowest BCUT2D eigenvalue weighted by molar-refractivity contribution is -0.118. The number of nitrogens with zero attached hydrogens (tertiary/aromatic N) is 1. The van der Waals surface area contributed by atoms with Crippen LogP contribution in [0.3, 0.4) is 0 Å². The van der Waals surface area contributed by atoms with Crippen LogP contribution in [0.15, 0.2) is 24.4 Å². The third kappa shape index (κ3) is 3.83. The van der Waals surface area contributed by atoms with Crippen molar-refractivity contribution < 1.29 is 14.3 Å². The van der Waals surface area contributed by atoms with Gasteiger partial charge in [-0.15, -0.1) is 11.3 Å². The maximum atomic E-state index is 12.0. The van der Waals surface area contributed by atoms with Crippen LogP contribution in [-0.2, 0) is 4.79 Å². The number of aryl methyl sites for hydroxylation is 1. The minimum atomic E-state index is -0.296. The molecule has 1 aromatic heterocycles. The Morgan fingerprint density at radius 1 is 1.50 bits per heavy atom. The van der Waals surface area contributed by atoms with Crippen molar-refractivity contribution in [1.82, 2.24) is 10.3 Å². The van der Waals surface area contributed by atoms with Crippen molar-refractivity contribution >= 4 is 34.6 Å². The van der Waals surface area contributed by atoms with Gasteiger partial charge in [-0.3, -0.25) is 4.79 Å². The van der Waals surface area contributed by atoms with E-state index in [9.17, 15) is 9.59 Å². The molecule has 0 saturated heterocycles. The molecule has 2 aromatic rings. The predicted octanol–water partition coefficient (Wildman–Crippen LogP) is 2.71. The van der Waals surface area contributed by atoms with Crippen LogP contribution in [0.4, 0.5) is 16.2 Å². The number of thiazole rings is 1. The topological polar surface area (TPSA) is 92.3 Å². The molecule has 3 N–H and O–H groups in total. The van der Waals surface area contributed by atoms with E-state index in [1.54, 1.807) is 29.5 Å². The van der Waals surface area contributed by atoms with Crippen LogP contribution in [-0.4, -0.2) is 30.1 Å². The third-order valence-corrected chi connectivity index (χ3v) is 4.65. The number of amides is 3. The number of rotatable bonds is 4. The number of fused-ring (bicyclic) bond motifs is 1. The summed E-state index contributed by atoms with van der Waals surface area (Å²) in [4.78, 5) is 28.7. The van der Waals surface area contributed by atoms with Gasteiger partial charge in [-0.2, -0.15) is 0 Å². The van der Waals surface area contributed by atoms with Crippen LogP contribution in [0.25, 0.3) is 0 Å². The highest BCUT2D eigenvalue weighted by Crippen LogP contribution is 2.30. The fraction of sp³-hybridized carbons (Fsp3) is 0.312. The fourth-order valence-corrected chi connectivity index (χ4v) is 3.09. The van der Waals surface area contributed by atoms with Gasteiger partial charge >= 0.3 is 6.03 Å². The molecule has 0 spiro atoms. The van der Waals surface area contributed by atoms with E-state index in [0.29, 0.717) is 23.7 Å². The molecule has 8 heteroatoms. The van der Waals surface area contributed by atoms with Crippen LogP contribution in [0.2, 0.25) is 0 Å². The third-order valence-electron chi connectivity index (χ3n) is 3.50. The second-order valence-electron chi connectivity index (χ2n) is 5.59. The van der Waals surface area contributed by atoms with E-state index in [4.69, 9.17) is 4.74 Å². The number of benzene rings is 1. The largest absolute Gasteiger partial charge is 0.482 e. The molecule has 7 nitrogen and oxygen atoms in total. The summed E-state index contributed by atoms with van der Waals surface area (Å²) in [6, 6.07) is 4.79. The number of aromatic nitrogens is 1. The van der Waals surface area contributed by atoms with Crippen molar-refractivity contribution in [1.29, 1.82) is 0 Å². The highest BCUT2D eigenvalue weighted by molar-refractivity contribution is 7.11. The van der Waals surface area contributed by atoms with Crippen molar-refractivity contribution in [3.8, 4) is 5.75 Å². The van der Waals surface area contributed by atoms with Gasteiger partial charge in [0.15, 0.2) is 6.61 Å². The van der Waals surface area contributed by atoms with Crippen LogP contribution >= 0.6 is 11.3 Å². The van der Waals surface area contributed by atoms with Gasteiger partial charge in [0.05, 0.1) is 10.7 Å². The summed E-state index contributed by atoms with van der Waals surface area (Å²) in [5, 5.41) is 9.30. The summed E-state index contributed by atoms with van der Waals surface area (Å²) in [5.74, 6) is 0.503. The van der Waals surface area contributed by atoms with E-state index in [1.165, 1.54) is 0 Å². The Labute approximate surface area is 143 Å². The number of hydrogen-bond acceptors (Lipinski definition) is 5. The molecule has 1 aromatic carbocycles. The maximum absolute atomic E-state index is 12.0. The Bertz CT molecular complexity index is 774. The van der Waals surface area contributed by atoms with Crippen LogP contribution < -0.4 is 20.7 Å². The Morgan fingerprint density at radius 3 is 3.08 bits per heavy atom. The fourth-order valence-electron chi connectivity index (χ4n) is 2.26. The molecular formula is C16H18N4O3S. The van der Waals surface area contributed by atoms with E-state index in [2.05, 4.69) is 20.9 Å². The quantitative estimate of drug-likeness (QED) is 0.794. The molecule has 0 bridgehead atoms. The first-order chi connectivity index (χ1) is 11.5. The average Bonchev–Trinajstić information content (AvgIpc) is 2.99. The second-order valence-corrected chi connectivity index (χ2v) is 6.86. The number of anilines is 2. The number of nitrogens with one attached hydrogen (secondary N) is 3. The number of hydrogen-bond donors (Lipinski definition) is 3. The summed E-state index contributed by atoms with van der Waals surface area (Å²) in [6.45, 7) is 4.51. The van der Waals surface area contributed by atoms with Gasteiger partial charge in [0.1, 0.15) is 5.75 Å². The minimum absolute atomic E-state index is 0.0204. The normalized spacial score (nSPS) is 14.2. The molecular weight excluding hydrogens is 328 g/mol. The van der Waals surface area contributed by atoms with Gasteiger partial charge in [-0.05, 0) is 19.1 Å². The van der Waals surface area contributed by atoms with Crippen molar-refractivity contribution in [2.45, 2.75) is 19.8 Å². The van der Waals surface area contributed by atoms with Crippen LogP contribution in [0, 0.1) is 6.92 Å². The lowest BCUT2D eigenvalue weighted by Gasteiger charge is -2.18. The Hall–Kier alpha value is -2.61. The summed E-state index contributed by atoms with van der Waals surface area (Å²) >= 11 is 1.63. The van der Waals surface area contributed by atoms with E-state index in [1.807, 2.05) is 20.0 Å². The zero-order valence-electron chi connectivity index (χ0n) is 13.4. The minimum Gasteiger partial charge on any atom is -0.482 e. The summed E-state index contributed by atoms with van der Waals surface area (Å²) in [7, 11) is 0. The highest BCUT2D eigenvalue weighted by atomic mass is 32.1. The molecule has 1 aliphatic rings. The van der Waals surface area contributed by atoms with Crippen molar-refractivity contribution in [3.63, 3.8) is 0 Å². The van der Waals surface area contributed by atoms with Gasteiger partial charge in [0.2, 0.25) is 0 Å². The monoisotopic (exact) mass is 346 g/mol. The molecule has 1 atom stereocenters. The van der Waals surface area contributed by atoms with Crippen LogP contribution in [0.5, 0.6) is 5.75 Å². The zero-order chi connectivity index (χ0) is 17.1. The van der Waals surface area contributed by atoms with Crippen molar-refractivity contribution in [2.75, 3.05) is 23.8 Å². The second kappa shape index (κ2) is 6.88. The van der Waals surface area contributed by atoms with E-state index in [-0.39, 0.29) is 24.5 Å². The molecule has 24 heavy (non-hydrogen) atoms. The standard InChI is InChI=1S/C16H18N4O3S/c1-9(15-17-7-10(2)24-15)6-18-16(22)19-11-3-4-12-13(5-11)23-8-14(21)20-12/h3-5,7,9H,6,8H2,1-2H3,(H,20,21)(H2,18,19,22)/t9-/m0/s1. The van der Waals surface area contributed by atoms with Gasteiger partial charge < -0.3 is 20.7 Å². The average molecular weight is 346 g/mol. The Kier molecular flexibility index (Phi) is 4.66. The first-order valence-electron chi connectivity index (χ1n) is 7.55. The summed E-state index contributed by atoms with van der Waals surface area (Å²) in [6.07, 6.45) is 1.84. The molecule has 2 heterocycles.